The highest BCUT2D eigenvalue weighted by Gasteiger charge is 2.23. The van der Waals surface area contributed by atoms with Gasteiger partial charge < -0.3 is 13.9 Å². The maximum atomic E-state index is 6.78. The number of rotatable bonds is 7. The van der Waals surface area contributed by atoms with Gasteiger partial charge in [0.2, 0.25) is 0 Å². The molecule has 3 heteroatoms. The minimum absolute atomic E-state index is 0.873. The number of aromatic nitrogens is 1. The molecule has 0 bridgehead atoms. The lowest BCUT2D eigenvalue weighted by Crippen LogP contribution is -2.11. The summed E-state index contributed by atoms with van der Waals surface area (Å²) in [6.45, 7) is 0. The van der Waals surface area contributed by atoms with Crippen molar-refractivity contribution in [1.82, 2.24) is 4.57 Å². The van der Waals surface area contributed by atoms with Crippen LogP contribution in [0, 0.1) is 0 Å². The van der Waals surface area contributed by atoms with Gasteiger partial charge in [-0.2, -0.15) is 0 Å². The van der Waals surface area contributed by atoms with Gasteiger partial charge in [-0.25, -0.2) is 0 Å². The monoisotopic (exact) mass is 778 g/mol. The second-order valence-electron chi connectivity index (χ2n) is 15.7. The van der Waals surface area contributed by atoms with E-state index in [0.29, 0.717) is 0 Å². The molecule has 12 aromatic rings. The molecule has 0 aliphatic heterocycles. The average Bonchev–Trinajstić information content (AvgIpc) is 3.88. The molecule has 2 aromatic heterocycles. The van der Waals surface area contributed by atoms with Gasteiger partial charge in [0.15, 0.2) is 0 Å². The van der Waals surface area contributed by atoms with E-state index in [2.05, 4.69) is 234 Å². The van der Waals surface area contributed by atoms with Crippen LogP contribution in [0.3, 0.4) is 0 Å². The highest BCUT2D eigenvalue weighted by molar-refractivity contribution is 6.12. The van der Waals surface area contributed by atoms with Crippen molar-refractivity contribution >= 4 is 71.6 Å². The van der Waals surface area contributed by atoms with Crippen molar-refractivity contribution in [2.75, 3.05) is 4.90 Å². The first-order valence-electron chi connectivity index (χ1n) is 20.8. The van der Waals surface area contributed by atoms with Gasteiger partial charge >= 0.3 is 0 Å². The zero-order chi connectivity index (χ0) is 40.3. The molecule has 2 heterocycles. The highest BCUT2D eigenvalue weighted by atomic mass is 16.3. The SMILES string of the molecule is c1ccc(N(c2ccc(-c3ccc4ccccc4c3)cc2)c2ccc(-c3ccccc3-n3c4ccccc4c4ccccc43)cc2-c2cccc3c2oc2ccccc23)cc1. The van der Waals surface area contributed by atoms with Crippen molar-refractivity contribution < 1.29 is 4.42 Å². The van der Waals surface area contributed by atoms with E-state index in [4.69, 9.17) is 4.42 Å². The second-order valence-corrected chi connectivity index (χ2v) is 15.7. The van der Waals surface area contributed by atoms with Gasteiger partial charge in [-0.1, -0.05) is 164 Å². The first-order chi connectivity index (χ1) is 30.3. The van der Waals surface area contributed by atoms with Gasteiger partial charge in [0, 0.05) is 49.6 Å². The smallest absolute Gasteiger partial charge is 0.143 e. The minimum Gasteiger partial charge on any atom is -0.455 e. The molecule has 0 saturated heterocycles. The molecular weight excluding hydrogens is 741 g/mol. The normalized spacial score (nSPS) is 11.6. The predicted octanol–water partition coefficient (Wildman–Crippen LogP) is 16.3. The Morgan fingerprint density at radius 3 is 1.74 bits per heavy atom. The molecule has 0 radical (unpaired) electrons. The van der Waals surface area contributed by atoms with Crippen LogP contribution in [0.1, 0.15) is 0 Å². The topological polar surface area (TPSA) is 21.3 Å². The van der Waals surface area contributed by atoms with Gasteiger partial charge in [-0.15, -0.1) is 0 Å². The molecule has 0 atom stereocenters. The van der Waals surface area contributed by atoms with E-state index < -0.39 is 0 Å². The van der Waals surface area contributed by atoms with Crippen LogP contribution in [0.2, 0.25) is 0 Å². The fourth-order valence-corrected chi connectivity index (χ4v) is 9.34. The zero-order valence-corrected chi connectivity index (χ0v) is 33.2. The molecule has 286 valence electrons. The first-order valence-corrected chi connectivity index (χ1v) is 20.8. The second kappa shape index (κ2) is 14.3. The molecule has 0 N–H and O–H groups in total. The third-order valence-electron chi connectivity index (χ3n) is 12.2. The van der Waals surface area contributed by atoms with Crippen LogP contribution < -0.4 is 4.90 Å². The lowest BCUT2D eigenvalue weighted by Gasteiger charge is -2.28. The fourth-order valence-electron chi connectivity index (χ4n) is 9.34. The van der Waals surface area contributed by atoms with Crippen LogP contribution in [0.5, 0.6) is 0 Å². The van der Waals surface area contributed by atoms with E-state index >= 15 is 0 Å². The molecule has 0 spiro atoms. The van der Waals surface area contributed by atoms with Crippen molar-refractivity contribution in [3.63, 3.8) is 0 Å². The number of nitrogens with zero attached hydrogens (tertiary/aromatic N) is 2. The van der Waals surface area contributed by atoms with Crippen LogP contribution in [-0.2, 0) is 0 Å². The Morgan fingerprint density at radius 1 is 0.344 bits per heavy atom. The van der Waals surface area contributed by atoms with E-state index in [1.807, 2.05) is 6.07 Å². The van der Waals surface area contributed by atoms with Gasteiger partial charge in [-0.05, 0) is 94.2 Å². The summed E-state index contributed by atoms with van der Waals surface area (Å²) in [4.78, 5) is 2.38. The third kappa shape index (κ3) is 5.82. The molecule has 0 aliphatic rings. The summed E-state index contributed by atoms with van der Waals surface area (Å²) >= 11 is 0. The molecule has 0 saturated carbocycles. The molecule has 0 aliphatic carbocycles. The quantitative estimate of drug-likeness (QED) is 0.161. The van der Waals surface area contributed by atoms with Crippen molar-refractivity contribution in [2.24, 2.45) is 0 Å². The summed E-state index contributed by atoms with van der Waals surface area (Å²) in [5.41, 5.74) is 15.2. The lowest BCUT2D eigenvalue weighted by atomic mass is 9.94. The molecule has 61 heavy (non-hydrogen) atoms. The minimum atomic E-state index is 0.873. The number of para-hydroxylation sites is 6. The molecule has 12 rings (SSSR count). The zero-order valence-electron chi connectivity index (χ0n) is 33.2. The predicted molar refractivity (Wildman–Crippen MR) is 257 cm³/mol. The van der Waals surface area contributed by atoms with Gasteiger partial charge in [0.1, 0.15) is 11.2 Å². The summed E-state index contributed by atoms with van der Waals surface area (Å²) in [6, 6.07) is 82.9. The molecular formula is C58H38N2O. The van der Waals surface area contributed by atoms with Crippen molar-refractivity contribution in [3.05, 3.63) is 231 Å². The maximum absolute atomic E-state index is 6.78. The van der Waals surface area contributed by atoms with E-state index in [9.17, 15) is 0 Å². The number of benzene rings is 10. The lowest BCUT2D eigenvalue weighted by molar-refractivity contribution is 0.670. The Bertz CT molecular complexity index is 3540. The standard InChI is InChI=1S/C58H38N2O/c1-2-17-44(18-3-1)59(45-34-31-40(32-35-45)42-30-29-39-15-4-5-16-41(39)37-42)56-36-33-43(38-52(56)51-24-14-23-50-49-22-9-13-28-57(49)61-58(50)51)46-19-6-10-25-53(46)60-54-26-11-7-20-47(54)48-21-8-12-27-55(48)60/h1-38H. The summed E-state index contributed by atoms with van der Waals surface area (Å²) in [5.74, 6) is 0. The maximum Gasteiger partial charge on any atom is 0.143 e. The van der Waals surface area contributed by atoms with E-state index in [0.717, 1.165) is 66.9 Å². The molecule has 0 unspecified atom stereocenters. The average molecular weight is 779 g/mol. The summed E-state index contributed by atoms with van der Waals surface area (Å²) in [7, 11) is 0. The summed E-state index contributed by atoms with van der Waals surface area (Å²) in [5, 5.41) is 7.17. The Morgan fingerprint density at radius 2 is 0.934 bits per heavy atom. The number of furan rings is 1. The number of anilines is 3. The number of hydrogen-bond acceptors (Lipinski definition) is 2. The molecule has 0 amide bonds. The van der Waals surface area contributed by atoms with Gasteiger partial charge in [-0.3, -0.25) is 0 Å². The fraction of sp³-hybridized carbons (Fsp3) is 0. The van der Waals surface area contributed by atoms with Crippen LogP contribution in [0.15, 0.2) is 235 Å². The van der Waals surface area contributed by atoms with Crippen molar-refractivity contribution in [1.29, 1.82) is 0 Å². The van der Waals surface area contributed by atoms with Crippen molar-refractivity contribution in [3.8, 4) is 39.1 Å². The Labute approximate surface area is 353 Å². The third-order valence-corrected chi connectivity index (χ3v) is 12.2. The van der Waals surface area contributed by atoms with Crippen LogP contribution in [-0.4, -0.2) is 4.57 Å². The van der Waals surface area contributed by atoms with Crippen LogP contribution >= 0.6 is 0 Å². The van der Waals surface area contributed by atoms with Crippen LogP contribution in [0.25, 0.3) is 93.6 Å². The Hall–Kier alpha value is -8.14. The van der Waals surface area contributed by atoms with Crippen LogP contribution in [0.4, 0.5) is 17.1 Å². The highest BCUT2D eigenvalue weighted by Crippen LogP contribution is 2.47. The molecule has 0 fully saturated rings. The Balaban J connectivity index is 1.08. The summed E-state index contributed by atoms with van der Waals surface area (Å²) in [6.07, 6.45) is 0. The molecule has 3 nitrogen and oxygen atoms in total. The van der Waals surface area contributed by atoms with E-state index in [-0.39, 0.29) is 0 Å². The summed E-state index contributed by atoms with van der Waals surface area (Å²) < 4.78 is 9.20. The van der Waals surface area contributed by atoms with E-state index in [1.54, 1.807) is 0 Å². The number of hydrogen-bond donors (Lipinski definition) is 0. The first kappa shape index (κ1) is 34.9. The number of fused-ring (bicyclic) bond motifs is 7. The largest absolute Gasteiger partial charge is 0.455 e. The Kier molecular flexibility index (Phi) is 8.17. The molecule has 10 aromatic carbocycles. The van der Waals surface area contributed by atoms with Crippen molar-refractivity contribution in [2.45, 2.75) is 0 Å². The van der Waals surface area contributed by atoms with Gasteiger partial charge in [0.05, 0.1) is 22.4 Å². The van der Waals surface area contributed by atoms with E-state index in [1.165, 1.54) is 43.7 Å². The van der Waals surface area contributed by atoms with Gasteiger partial charge in [0.25, 0.3) is 0 Å².